The number of hydrogen-bond donors (Lipinski definition) is 7. The number of nitrogens with two attached hydrogens (primary N) is 1. The normalized spacial score (nSPS) is 21.2. The second kappa shape index (κ2) is 15.0. The minimum atomic E-state index is -2.21. The van der Waals surface area contributed by atoms with Crippen LogP contribution in [0.25, 0.3) is 0 Å². The van der Waals surface area contributed by atoms with Crippen LogP contribution in [0.4, 0.5) is 26.7 Å². The predicted molar refractivity (Wildman–Crippen MR) is 171 cm³/mol. The highest BCUT2D eigenvalue weighted by atomic mass is 32.1. The van der Waals surface area contributed by atoms with E-state index in [1.54, 1.807) is 84.9 Å². The van der Waals surface area contributed by atoms with Gasteiger partial charge in [0.25, 0.3) is 5.91 Å². The van der Waals surface area contributed by atoms with Crippen molar-refractivity contribution in [3.63, 3.8) is 0 Å². The molecule has 0 aromatic heterocycles. The van der Waals surface area contributed by atoms with Gasteiger partial charge in [0.2, 0.25) is 5.91 Å². The van der Waals surface area contributed by atoms with Crippen molar-refractivity contribution >= 4 is 58.4 Å². The molecule has 8 N–H and O–H groups in total. The first-order valence-electron chi connectivity index (χ1n) is 14.0. The number of carbonyl (C=O) groups excluding carboxylic acids is 4. The van der Waals surface area contributed by atoms with Crippen molar-refractivity contribution in [3.05, 3.63) is 91.0 Å². The van der Waals surface area contributed by atoms with Gasteiger partial charge in [0.05, 0.1) is 6.04 Å². The Hall–Kier alpha value is -5.21. The number of rotatable bonds is 9. The number of amides is 4. The number of carbonyl (C=O) groups is 4. The molecule has 13 nitrogen and oxygen atoms in total. The number of primary amides is 1. The lowest BCUT2D eigenvalue weighted by Crippen LogP contribution is -2.65. The second-order valence-electron chi connectivity index (χ2n) is 10.4. The molecule has 1 saturated carbocycles. The third-order valence-electron chi connectivity index (χ3n) is 6.95. The van der Waals surface area contributed by atoms with Crippen molar-refractivity contribution in [2.45, 2.75) is 49.7 Å². The molecule has 5 atom stereocenters. The van der Waals surface area contributed by atoms with Crippen LogP contribution in [-0.4, -0.2) is 64.1 Å². The SMILES string of the molecule is C[C@@H](NC(=O)[C@]1(O)C[C@H](NC(=S)Nc2ccccc2)[C@@H](OC(=O)Nc2ccccc2)[C@H](OC(=O)Nc2ccccc2)C1)C(N)=O. The van der Waals surface area contributed by atoms with Gasteiger partial charge in [-0.25, -0.2) is 9.59 Å². The summed E-state index contributed by atoms with van der Waals surface area (Å²) >= 11 is 5.50. The lowest BCUT2D eigenvalue weighted by Gasteiger charge is -2.44. The van der Waals surface area contributed by atoms with E-state index in [1.807, 2.05) is 6.07 Å². The van der Waals surface area contributed by atoms with Crippen LogP contribution in [-0.2, 0) is 19.1 Å². The lowest BCUT2D eigenvalue weighted by atomic mass is 9.77. The van der Waals surface area contributed by atoms with Crippen LogP contribution < -0.4 is 32.3 Å². The van der Waals surface area contributed by atoms with Gasteiger partial charge in [-0.05, 0) is 55.5 Å². The molecule has 4 rings (SSSR count). The molecule has 0 heterocycles. The number of anilines is 3. The summed E-state index contributed by atoms with van der Waals surface area (Å²) in [6.45, 7) is 1.36. The van der Waals surface area contributed by atoms with Gasteiger partial charge in [0.1, 0.15) is 17.7 Å². The number of thiocarbonyl (C=S) groups is 1. The van der Waals surface area contributed by atoms with E-state index < -0.39 is 60.3 Å². The van der Waals surface area contributed by atoms with E-state index in [2.05, 4.69) is 26.6 Å². The van der Waals surface area contributed by atoms with Gasteiger partial charge >= 0.3 is 12.2 Å². The number of aliphatic hydroxyl groups is 1. The summed E-state index contributed by atoms with van der Waals surface area (Å²) in [5.74, 6) is -1.76. The third kappa shape index (κ3) is 9.39. The zero-order chi connectivity index (χ0) is 32.4. The maximum atomic E-state index is 13.3. The van der Waals surface area contributed by atoms with Crippen LogP contribution in [0.3, 0.4) is 0 Å². The first-order chi connectivity index (χ1) is 21.5. The molecule has 0 aliphatic heterocycles. The first kappa shape index (κ1) is 32.7. The molecule has 1 fully saturated rings. The van der Waals surface area contributed by atoms with Gasteiger partial charge in [-0.1, -0.05) is 54.6 Å². The van der Waals surface area contributed by atoms with Crippen molar-refractivity contribution in [1.82, 2.24) is 10.6 Å². The molecule has 1 aliphatic carbocycles. The standard InChI is InChI=1S/C31H34N6O7S/c1-19(26(32)38)33-27(39)31(42)17-23(37-28(45)34-20-11-5-2-6-12-20)25(44-30(41)36-22-15-9-4-10-16-22)24(18-31)43-29(40)35-21-13-7-3-8-14-21/h2-16,19,23-25,42H,17-18H2,1H3,(H2,32,38)(H,33,39)(H,35,40)(H,36,41)(H2,34,37,45)/t19-,23+,24-,25-,31+/m1/s1. The fourth-order valence-corrected chi connectivity index (χ4v) is 4.98. The van der Waals surface area contributed by atoms with Gasteiger partial charge < -0.3 is 36.3 Å². The van der Waals surface area contributed by atoms with E-state index >= 15 is 0 Å². The van der Waals surface area contributed by atoms with E-state index in [0.717, 1.165) is 0 Å². The molecule has 1 aliphatic rings. The Morgan fingerprint density at radius 3 is 1.76 bits per heavy atom. The fraction of sp³-hybridized carbons (Fsp3) is 0.258. The van der Waals surface area contributed by atoms with Crippen molar-refractivity contribution < 1.29 is 33.8 Å². The highest BCUT2D eigenvalue weighted by Crippen LogP contribution is 2.34. The summed E-state index contributed by atoms with van der Waals surface area (Å²) < 4.78 is 11.5. The minimum absolute atomic E-state index is 0.0749. The van der Waals surface area contributed by atoms with Crippen molar-refractivity contribution in [2.75, 3.05) is 16.0 Å². The van der Waals surface area contributed by atoms with Gasteiger partial charge in [-0.15, -0.1) is 0 Å². The molecule has 14 heteroatoms. The molecule has 0 saturated heterocycles. The van der Waals surface area contributed by atoms with Gasteiger partial charge in [-0.2, -0.15) is 0 Å². The summed E-state index contributed by atoms with van der Waals surface area (Å²) in [4.78, 5) is 51.1. The summed E-state index contributed by atoms with van der Waals surface area (Å²) in [7, 11) is 0. The summed E-state index contributed by atoms with van der Waals surface area (Å²) in [5.41, 5.74) is 4.61. The molecular formula is C31H34N6O7S. The average Bonchev–Trinajstić information content (AvgIpc) is 3.00. The first-order valence-corrected chi connectivity index (χ1v) is 14.4. The van der Waals surface area contributed by atoms with Crippen LogP contribution in [0.2, 0.25) is 0 Å². The van der Waals surface area contributed by atoms with E-state index in [4.69, 9.17) is 27.4 Å². The van der Waals surface area contributed by atoms with E-state index in [-0.39, 0.29) is 11.5 Å². The van der Waals surface area contributed by atoms with Crippen molar-refractivity contribution in [2.24, 2.45) is 5.73 Å². The molecule has 0 spiro atoms. The van der Waals surface area contributed by atoms with Crippen molar-refractivity contribution in [1.29, 1.82) is 0 Å². The summed E-state index contributed by atoms with van der Waals surface area (Å²) in [5, 5.41) is 25.3. The molecular weight excluding hydrogens is 600 g/mol. The monoisotopic (exact) mass is 634 g/mol. The molecule has 0 bridgehead atoms. The van der Waals surface area contributed by atoms with Crippen LogP contribution in [0.5, 0.6) is 0 Å². The lowest BCUT2D eigenvalue weighted by molar-refractivity contribution is -0.158. The van der Waals surface area contributed by atoms with Gasteiger partial charge in [-0.3, -0.25) is 20.2 Å². The van der Waals surface area contributed by atoms with Crippen molar-refractivity contribution in [3.8, 4) is 0 Å². The number of para-hydroxylation sites is 3. The Bertz CT molecular complexity index is 1430. The molecule has 4 amide bonds. The van der Waals surface area contributed by atoms with Gasteiger partial charge in [0.15, 0.2) is 11.2 Å². The van der Waals surface area contributed by atoms with E-state index in [9.17, 15) is 24.3 Å². The second-order valence-corrected chi connectivity index (χ2v) is 10.8. The highest BCUT2D eigenvalue weighted by molar-refractivity contribution is 7.80. The molecule has 0 unspecified atom stereocenters. The number of hydrogen-bond acceptors (Lipinski definition) is 8. The zero-order valence-corrected chi connectivity index (χ0v) is 25.1. The topological polar surface area (TPSA) is 193 Å². The summed E-state index contributed by atoms with van der Waals surface area (Å²) in [6.07, 6.45) is -5.29. The maximum Gasteiger partial charge on any atom is 0.412 e. The molecule has 3 aromatic carbocycles. The Morgan fingerprint density at radius 2 is 1.27 bits per heavy atom. The number of benzene rings is 3. The number of ether oxygens (including phenoxy) is 2. The Labute approximate surface area is 264 Å². The smallest absolute Gasteiger partial charge is 0.412 e. The fourth-order valence-electron chi connectivity index (χ4n) is 4.71. The van der Waals surface area contributed by atoms with E-state index in [0.29, 0.717) is 17.1 Å². The summed E-state index contributed by atoms with van der Waals surface area (Å²) in [6, 6.07) is 23.8. The zero-order valence-electron chi connectivity index (χ0n) is 24.3. The minimum Gasteiger partial charge on any atom is -0.442 e. The predicted octanol–water partition coefficient (Wildman–Crippen LogP) is 3.09. The Morgan fingerprint density at radius 1 is 0.800 bits per heavy atom. The molecule has 236 valence electrons. The molecule has 3 aromatic rings. The quantitative estimate of drug-likeness (QED) is 0.172. The van der Waals surface area contributed by atoms with Gasteiger partial charge in [0, 0.05) is 29.9 Å². The van der Waals surface area contributed by atoms with Crippen LogP contribution in [0.15, 0.2) is 91.0 Å². The highest BCUT2D eigenvalue weighted by Gasteiger charge is 2.53. The van der Waals surface area contributed by atoms with E-state index in [1.165, 1.54) is 6.92 Å². The van der Waals surface area contributed by atoms with Crippen LogP contribution >= 0.6 is 12.2 Å². The largest absolute Gasteiger partial charge is 0.442 e. The third-order valence-corrected chi connectivity index (χ3v) is 7.17. The van der Waals surface area contributed by atoms with Crippen LogP contribution in [0.1, 0.15) is 19.8 Å². The Balaban J connectivity index is 1.64. The number of nitrogens with one attached hydrogen (secondary N) is 5. The molecule has 45 heavy (non-hydrogen) atoms. The average molecular weight is 635 g/mol. The van der Waals surface area contributed by atoms with Crippen LogP contribution in [0, 0.1) is 0 Å². The molecule has 0 radical (unpaired) electrons. The maximum absolute atomic E-state index is 13.3. The Kier molecular flexibility index (Phi) is 10.9.